The van der Waals surface area contributed by atoms with E-state index in [9.17, 15) is 14.7 Å². The summed E-state index contributed by atoms with van der Waals surface area (Å²) in [7, 11) is 0. The van der Waals surface area contributed by atoms with Crippen molar-refractivity contribution in [3.63, 3.8) is 0 Å². The Kier molecular flexibility index (Phi) is 4.66. The smallest absolute Gasteiger partial charge is 0.326 e. The van der Waals surface area contributed by atoms with Crippen LogP contribution < -0.4 is 0 Å². The van der Waals surface area contributed by atoms with Crippen molar-refractivity contribution in [2.45, 2.75) is 45.6 Å². The highest BCUT2D eigenvalue weighted by molar-refractivity contribution is 5.90. The number of benzene rings is 1. The number of aliphatic carboxylic acids is 1. The Bertz CT molecular complexity index is 521. The van der Waals surface area contributed by atoms with Gasteiger partial charge in [0, 0.05) is 6.54 Å². The zero-order chi connectivity index (χ0) is 15.6. The third-order valence-electron chi connectivity index (χ3n) is 4.08. The molecular formula is C17H23NO3. The molecule has 0 spiro atoms. The molecular weight excluding hydrogens is 266 g/mol. The highest BCUT2D eigenvalue weighted by atomic mass is 16.4. The summed E-state index contributed by atoms with van der Waals surface area (Å²) in [4.78, 5) is 25.6. The van der Waals surface area contributed by atoms with Crippen LogP contribution in [0.15, 0.2) is 24.3 Å². The molecule has 1 amide bonds. The van der Waals surface area contributed by atoms with E-state index in [1.54, 1.807) is 4.90 Å². The first-order valence-corrected chi connectivity index (χ1v) is 7.50. The highest BCUT2D eigenvalue weighted by Gasteiger charge is 2.39. The molecule has 2 atom stereocenters. The van der Waals surface area contributed by atoms with Gasteiger partial charge in [-0.15, -0.1) is 0 Å². The Morgan fingerprint density at radius 2 is 1.95 bits per heavy atom. The number of carboxylic acid groups (broad SMARTS) is 1. The van der Waals surface area contributed by atoms with Crippen LogP contribution in [-0.2, 0) is 9.59 Å². The maximum Gasteiger partial charge on any atom is 0.326 e. The predicted molar refractivity (Wildman–Crippen MR) is 81.1 cm³/mol. The van der Waals surface area contributed by atoms with E-state index >= 15 is 0 Å². The number of hydrogen-bond acceptors (Lipinski definition) is 2. The van der Waals surface area contributed by atoms with Crippen LogP contribution in [0.5, 0.6) is 0 Å². The Labute approximate surface area is 125 Å². The molecule has 0 aliphatic carbocycles. The van der Waals surface area contributed by atoms with Crippen molar-refractivity contribution in [2.75, 3.05) is 6.54 Å². The van der Waals surface area contributed by atoms with E-state index in [4.69, 9.17) is 0 Å². The molecule has 1 unspecified atom stereocenters. The lowest BCUT2D eigenvalue weighted by atomic mass is 9.96. The van der Waals surface area contributed by atoms with Gasteiger partial charge in [-0.3, -0.25) is 4.79 Å². The minimum absolute atomic E-state index is 0.0492. The fraction of sp³-hybridized carbons (Fsp3) is 0.529. The van der Waals surface area contributed by atoms with E-state index in [1.165, 1.54) is 0 Å². The first-order chi connectivity index (χ1) is 9.90. The van der Waals surface area contributed by atoms with Crippen LogP contribution in [0.2, 0.25) is 0 Å². The van der Waals surface area contributed by atoms with Crippen molar-refractivity contribution < 1.29 is 14.7 Å². The average Bonchev–Trinajstić information content (AvgIpc) is 2.78. The number of likely N-dealkylation sites (tertiary alicyclic amines) is 1. The summed E-state index contributed by atoms with van der Waals surface area (Å²) in [6, 6.07) is 7.23. The van der Waals surface area contributed by atoms with Crippen LogP contribution in [0.4, 0.5) is 0 Å². The summed E-state index contributed by atoms with van der Waals surface area (Å²) in [5.41, 5.74) is 2.14. The quantitative estimate of drug-likeness (QED) is 0.906. The monoisotopic (exact) mass is 289 g/mol. The van der Waals surface area contributed by atoms with E-state index in [1.807, 2.05) is 45.0 Å². The van der Waals surface area contributed by atoms with Gasteiger partial charge in [0.2, 0.25) is 5.91 Å². The fourth-order valence-electron chi connectivity index (χ4n) is 2.93. The van der Waals surface area contributed by atoms with Gasteiger partial charge < -0.3 is 10.0 Å². The van der Waals surface area contributed by atoms with Crippen LogP contribution in [0.3, 0.4) is 0 Å². The molecule has 114 valence electrons. The summed E-state index contributed by atoms with van der Waals surface area (Å²) >= 11 is 0. The van der Waals surface area contributed by atoms with Gasteiger partial charge in [-0.05, 0) is 31.2 Å². The largest absolute Gasteiger partial charge is 0.480 e. The van der Waals surface area contributed by atoms with Gasteiger partial charge in [0.1, 0.15) is 6.04 Å². The summed E-state index contributed by atoms with van der Waals surface area (Å²) < 4.78 is 0. The Morgan fingerprint density at radius 1 is 1.33 bits per heavy atom. The normalized spacial score (nSPS) is 20.1. The molecule has 1 aromatic carbocycles. The minimum Gasteiger partial charge on any atom is -0.480 e. The summed E-state index contributed by atoms with van der Waals surface area (Å²) in [5.74, 6) is -0.898. The number of carbonyl (C=O) groups is 2. The van der Waals surface area contributed by atoms with E-state index in [2.05, 4.69) is 0 Å². The molecule has 4 nitrogen and oxygen atoms in total. The Balaban J connectivity index is 2.16. The number of nitrogens with zero attached hydrogens (tertiary/aromatic N) is 1. The number of carboxylic acids is 1. The number of rotatable bonds is 5. The number of amides is 1. The van der Waals surface area contributed by atoms with Gasteiger partial charge in [-0.25, -0.2) is 4.79 Å². The Morgan fingerprint density at radius 3 is 2.48 bits per heavy atom. The first kappa shape index (κ1) is 15.5. The second kappa shape index (κ2) is 6.29. The van der Waals surface area contributed by atoms with Crippen LogP contribution in [0, 0.1) is 12.8 Å². The number of aryl methyl sites for hydroxylation is 1. The molecule has 1 aromatic rings. The number of hydrogen-bond donors (Lipinski definition) is 1. The van der Waals surface area contributed by atoms with Crippen molar-refractivity contribution in [3.05, 3.63) is 35.4 Å². The van der Waals surface area contributed by atoms with Crippen LogP contribution in [0.1, 0.15) is 43.7 Å². The van der Waals surface area contributed by atoms with Crippen molar-refractivity contribution in [2.24, 2.45) is 5.92 Å². The molecule has 0 bridgehead atoms. The van der Waals surface area contributed by atoms with Crippen LogP contribution in [-0.4, -0.2) is 34.5 Å². The molecule has 1 heterocycles. The zero-order valence-electron chi connectivity index (χ0n) is 12.9. The maximum absolute atomic E-state index is 12.6. The van der Waals surface area contributed by atoms with E-state index in [0.29, 0.717) is 19.4 Å². The average molecular weight is 289 g/mol. The SMILES string of the molecule is Cc1ccc(C2CCN([C@H](CC(C)C)C(=O)O)C2=O)cc1. The molecule has 0 saturated carbocycles. The van der Waals surface area contributed by atoms with Crippen molar-refractivity contribution >= 4 is 11.9 Å². The van der Waals surface area contributed by atoms with E-state index in [-0.39, 0.29) is 17.7 Å². The summed E-state index contributed by atoms with van der Waals surface area (Å²) in [5, 5.41) is 9.40. The molecule has 1 saturated heterocycles. The molecule has 4 heteroatoms. The molecule has 1 N–H and O–H groups in total. The lowest BCUT2D eigenvalue weighted by Gasteiger charge is -2.26. The second-order valence-corrected chi connectivity index (χ2v) is 6.27. The maximum atomic E-state index is 12.6. The molecule has 1 fully saturated rings. The standard InChI is InChI=1S/C17H23NO3/c1-11(2)10-15(17(20)21)18-9-8-14(16(18)19)13-6-4-12(3)5-7-13/h4-7,11,14-15H,8-10H2,1-3H3,(H,20,21)/t14?,15-/m1/s1. The van der Waals surface area contributed by atoms with Crippen LogP contribution in [0.25, 0.3) is 0 Å². The summed E-state index contributed by atoms with van der Waals surface area (Å²) in [6.45, 7) is 6.50. The third kappa shape index (κ3) is 3.43. The Hall–Kier alpha value is -1.84. The van der Waals surface area contributed by atoms with Gasteiger partial charge in [0.15, 0.2) is 0 Å². The molecule has 0 radical (unpaired) electrons. The van der Waals surface area contributed by atoms with Gasteiger partial charge in [-0.2, -0.15) is 0 Å². The topological polar surface area (TPSA) is 57.6 Å². The van der Waals surface area contributed by atoms with Crippen molar-refractivity contribution in [1.29, 1.82) is 0 Å². The van der Waals surface area contributed by atoms with E-state index in [0.717, 1.165) is 11.1 Å². The van der Waals surface area contributed by atoms with E-state index < -0.39 is 12.0 Å². The third-order valence-corrected chi connectivity index (χ3v) is 4.08. The number of carbonyl (C=O) groups excluding carboxylic acids is 1. The van der Waals surface area contributed by atoms with Gasteiger partial charge >= 0.3 is 5.97 Å². The molecule has 1 aliphatic rings. The minimum atomic E-state index is -0.901. The molecule has 21 heavy (non-hydrogen) atoms. The van der Waals surface area contributed by atoms with Crippen LogP contribution >= 0.6 is 0 Å². The van der Waals surface area contributed by atoms with Gasteiger partial charge in [0.25, 0.3) is 0 Å². The molecule has 2 rings (SSSR count). The first-order valence-electron chi connectivity index (χ1n) is 7.50. The molecule has 1 aliphatic heterocycles. The van der Waals surface area contributed by atoms with Gasteiger partial charge in [0.05, 0.1) is 5.92 Å². The van der Waals surface area contributed by atoms with Crippen molar-refractivity contribution in [3.8, 4) is 0 Å². The summed E-state index contributed by atoms with van der Waals surface area (Å²) in [6.07, 6.45) is 1.20. The fourth-order valence-corrected chi connectivity index (χ4v) is 2.93. The second-order valence-electron chi connectivity index (χ2n) is 6.27. The van der Waals surface area contributed by atoms with Crippen molar-refractivity contribution in [1.82, 2.24) is 4.90 Å². The zero-order valence-corrected chi connectivity index (χ0v) is 12.9. The lowest BCUT2D eigenvalue weighted by molar-refractivity contribution is -0.149. The lowest BCUT2D eigenvalue weighted by Crippen LogP contribution is -2.43. The highest BCUT2D eigenvalue weighted by Crippen LogP contribution is 2.31. The predicted octanol–water partition coefficient (Wildman–Crippen LogP) is 2.81. The molecule has 0 aromatic heterocycles. The van der Waals surface area contributed by atoms with Gasteiger partial charge in [-0.1, -0.05) is 43.7 Å².